The molecule has 0 aliphatic carbocycles. The van der Waals surface area contributed by atoms with Crippen LogP contribution in [-0.2, 0) is 9.84 Å². The average Bonchev–Trinajstić information content (AvgIpc) is 3.11. The fourth-order valence-corrected chi connectivity index (χ4v) is 5.33. The maximum Gasteiger partial charge on any atom is 0.202 e. The lowest BCUT2D eigenvalue weighted by molar-refractivity contribution is 0.0920. The number of sulfone groups is 1. The lowest BCUT2D eigenvalue weighted by Gasteiger charge is -2.16. The van der Waals surface area contributed by atoms with Gasteiger partial charge in [-0.05, 0) is 45.4 Å². The van der Waals surface area contributed by atoms with Crippen LogP contribution in [-0.4, -0.2) is 42.7 Å². The molecule has 6 nitrogen and oxygen atoms in total. The summed E-state index contributed by atoms with van der Waals surface area (Å²) < 4.78 is 31.1. The molecule has 1 atom stereocenters. The number of rotatable bonds is 6. The molecule has 144 valence electrons. The minimum atomic E-state index is -3.00. The van der Waals surface area contributed by atoms with Crippen LogP contribution < -0.4 is 4.74 Å². The van der Waals surface area contributed by atoms with Gasteiger partial charge in [-0.1, -0.05) is 12.1 Å². The van der Waals surface area contributed by atoms with Gasteiger partial charge >= 0.3 is 0 Å². The van der Waals surface area contributed by atoms with Gasteiger partial charge in [-0.3, -0.25) is 9.59 Å². The van der Waals surface area contributed by atoms with Crippen molar-refractivity contribution in [2.75, 3.05) is 18.1 Å². The van der Waals surface area contributed by atoms with Crippen molar-refractivity contribution >= 4 is 21.4 Å². The molecule has 0 saturated carbocycles. The molecule has 2 heterocycles. The van der Waals surface area contributed by atoms with Crippen LogP contribution in [0.4, 0.5) is 0 Å². The van der Waals surface area contributed by atoms with Crippen LogP contribution in [0.1, 0.15) is 51.5 Å². The molecule has 7 heteroatoms. The van der Waals surface area contributed by atoms with Gasteiger partial charge in [-0.25, -0.2) is 8.42 Å². The van der Waals surface area contributed by atoms with Crippen LogP contribution in [0.25, 0.3) is 0 Å². The van der Waals surface area contributed by atoms with Gasteiger partial charge in [0.25, 0.3) is 0 Å². The summed E-state index contributed by atoms with van der Waals surface area (Å²) in [4.78, 5) is 24.1. The lowest BCUT2D eigenvalue weighted by atomic mass is 10.1. The molecule has 3 rings (SSSR count). The fourth-order valence-electron chi connectivity index (χ4n) is 3.63. The molecular weight excluding hydrogens is 366 g/mol. The third-order valence-electron chi connectivity index (χ3n) is 4.97. The van der Waals surface area contributed by atoms with E-state index in [4.69, 9.17) is 4.74 Å². The SMILES string of the molecule is CC(=O)c1cccc(OCC(=O)c2cc(C)n([C@@H]3CCS(=O)(=O)C3)c2C)c1. The number of ketones is 2. The highest BCUT2D eigenvalue weighted by Gasteiger charge is 2.31. The van der Waals surface area contributed by atoms with E-state index in [0.717, 1.165) is 11.4 Å². The van der Waals surface area contributed by atoms with Crippen molar-refractivity contribution in [3.05, 3.63) is 52.8 Å². The summed E-state index contributed by atoms with van der Waals surface area (Å²) in [6.07, 6.45) is 0.570. The summed E-state index contributed by atoms with van der Waals surface area (Å²) in [5, 5.41) is 0. The van der Waals surface area contributed by atoms with E-state index in [0.29, 0.717) is 23.3 Å². The van der Waals surface area contributed by atoms with E-state index in [1.165, 1.54) is 6.92 Å². The molecule has 0 spiro atoms. The third-order valence-corrected chi connectivity index (χ3v) is 6.72. The summed E-state index contributed by atoms with van der Waals surface area (Å²) >= 11 is 0. The second-order valence-electron chi connectivity index (χ2n) is 7.01. The minimum Gasteiger partial charge on any atom is -0.485 e. The quantitative estimate of drug-likeness (QED) is 0.710. The van der Waals surface area contributed by atoms with Crippen LogP contribution >= 0.6 is 0 Å². The molecule has 0 unspecified atom stereocenters. The Morgan fingerprint density at radius 3 is 2.59 bits per heavy atom. The van der Waals surface area contributed by atoms with E-state index < -0.39 is 9.84 Å². The summed E-state index contributed by atoms with van der Waals surface area (Å²) in [7, 11) is -3.00. The van der Waals surface area contributed by atoms with Gasteiger partial charge in [0.15, 0.2) is 22.2 Å². The van der Waals surface area contributed by atoms with E-state index in [9.17, 15) is 18.0 Å². The van der Waals surface area contributed by atoms with Crippen molar-refractivity contribution in [3.8, 4) is 5.75 Å². The standard InChI is InChI=1S/C20H23NO5S/c1-13-9-19(14(2)21(13)17-7-8-27(24,25)12-17)20(23)11-26-18-6-4-5-16(10-18)15(3)22/h4-6,9-10,17H,7-8,11-12H2,1-3H3/t17-/m1/s1. The van der Waals surface area contributed by atoms with Crippen LogP contribution in [0.5, 0.6) is 5.75 Å². The van der Waals surface area contributed by atoms with Crippen molar-refractivity contribution in [1.29, 1.82) is 0 Å². The van der Waals surface area contributed by atoms with Crippen molar-refractivity contribution < 1.29 is 22.7 Å². The highest BCUT2D eigenvalue weighted by molar-refractivity contribution is 7.91. The Morgan fingerprint density at radius 1 is 1.22 bits per heavy atom. The monoisotopic (exact) mass is 389 g/mol. The highest BCUT2D eigenvalue weighted by Crippen LogP contribution is 2.29. The summed E-state index contributed by atoms with van der Waals surface area (Å²) in [6, 6.07) is 8.39. The van der Waals surface area contributed by atoms with Crippen molar-refractivity contribution in [2.24, 2.45) is 0 Å². The van der Waals surface area contributed by atoms with Gasteiger partial charge < -0.3 is 9.30 Å². The first-order valence-electron chi connectivity index (χ1n) is 8.84. The second kappa shape index (κ2) is 7.31. The molecule has 1 fully saturated rings. The highest BCUT2D eigenvalue weighted by atomic mass is 32.2. The normalized spacial score (nSPS) is 18.4. The molecule has 0 N–H and O–H groups in total. The van der Waals surface area contributed by atoms with Crippen LogP contribution in [0.15, 0.2) is 30.3 Å². The molecule has 0 radical (unpaired) electrons. The number of aromatic nitrogens is 1. The predicted octanol–water partition coefficient (Wildman–Crippen LogP) is 2.93. The van der Waals surface area contributed by atoms with Crippen LogP contribution in [0.3, 0.4) is 0 Å². The first kappa shape index (κ1) is 19.4. The molecule has 1 aliphatic rings. The molecule has 1 aliphatic heterocycles. The largest absolute Gasteiger partial charge is 0.485 e. The Bertz CT molecular complexity index is 1000. The number of benzene rings is 1. The van der Waals surface area contributed by atoms with Gasteiger partial charge in [0.2, 0.25) is 5.78 Å². The molecule has 27 heavy (non-hydrogen) atoms. The second-order valence-corrected chi connectivity index (χ2v) is 9.24. The third kappa shape index (κ3) is 4.13. The van der Waals surface area contributed by atoms with Crippen LogP contribution in [0.2, 0.25) is 0 Å². The minimum absolute atomic E-state index is 0.0677. The van der Waals surface area contributed by atoms with Gasteiger partial charge in [0.1, 0.15) is 5.75 Å². The first-order chi connectivity index (χ1) is 12.7. The Morgan fingerprint density at radius 2 is 1.96 bits per heavy atom. The lowest BCUT2D eigenvalue weighted by Crippen LogP contribution is -2.16. The maximum atomic E-state index is 12.6. The van der Waals surface area contributed by atoms with E-state index in [1.807, 2.05) is 18.4 Å². The van der Waals surface area contributed by atoms with E-state index in [2.05, 4.69) is 0 Å². The number of aryl methyl sites for hydroxylation is 1. The Kier molecular flexibility index (Phi) is 5.24. The molecular formula is C20H23NO5S. The van der Waals surface area contributed by atoms with E-state index >= 15 is 0 Å². The number of carbonyl (C=O) groups excluding carboxylic acids is 2. The van der Waals surface area contributed by atoms with Gasteiger partial charge in [-0.2, -0.15) is 0 Å². The zero-order valence-electron chi connectivity index (χ0n) is 15.7. The number of hydrogen-bond acceptors (Lipinski definition) is 5. The van der Waals surface area contributed by atoms with Gasteiger partial charge in [0.05, 0.1) is 11.5 Å². The Labute approximate surface area is 159 Å². The Hall–Kier alpha value is -2.41. The zero-order valence-corrected chi connectivity index (χ0v) is 16.5. The molecule has 0 amide bonds. The average molecular weight is 389 g/mol. The van der Waals surface area contributed by atoms with E-state index in [1.54, 1.807) is 30.3 Å². The molecule has 0 bridgehead atoms. The maximum absolute atomic E-state index is 12.6. The first-order valence-corrected chi connectivity index (χ1v) is 10.7. The van der Waals surface area contributed by atoms with Crippen LogP contribution in [0, 0.1) is 13.8 Å². The summed E-state index contributed by atoms with van der Waals surface area (Å²) in [5.41, 5.74) is 2.71. The molecule has 1 aromatic heterocycles. The molecule has 1 aromatic carbocycles. The number of hydrogen-bond donors (Lipinski definition) is 0. The topological polar surface area (TPSA) is 82.4 Å². The summed E-state index contributed by atoms with van der Waals surface area (Å²) in [6.45, 7) is 5.05. The predicted molar refractivity (Wildman–Crippen MR) is 102 cm³/mol. The van der Waals surface area contributed by atoms with Gasteiger partial charge in [-0.15, -0.1) is 0 Å². The summed E-state index contributed by atoms with van der Waals surface area (Å²) in [5.74, 6) is 0.524. The number of ether oxygens (including phenoxy) is 1. The molecule has 2 aromatic rings. The van der Waals surface area contributed by atoms with Gasteiger partial charge in [0, 0.05) is 28.6 Å². The van der Waals surface area contributed by atoms with Crippen molar-refractivity contribution in [1.82, 2.24) is 4.57 Å². The van der Waals surface area contributed by atoms with Crippen molar-refractivity contribution in [2.45, 2.75) is 33.2 Å². The number of nitrogens with zero attached hydrogens (tertiary/aromatic N) is 1. The Balaban J connectivity index is 1.75. The molecule has 1 saturated heterocycles. The fraction of sp³-hybridized carbons (Fsp3) is 0.400. The smallest absolute Gasteiger partial charge is 0.202 e. The zero-order chi connectivity index (χ0) is 19.8. The van der Waals surface area contributed by atoms with Crippen molar-refractivity contribution in [3.63, 3.8) is 0 Å². The number of carbonyl (C=O) groups is 2. The van der Waals surface area contributed by atoms with E-state index in [-0.39, 0.29) is 35.7 Å². The number of Topliss-reactive ketones (excluding diaryl/α,β-unsaturated/α-hetero) is 2.